The fourth-order valence-electron chi connectivity index (χ4n) is 2.66. The summed E-state index contributed by atoms with van der Waals surface area (Å²) in [5.41, 5.74) is 6.89. The lowest BCUT2D eigenvalue weighted by Gasteiger charge is -2.31. The molecule has 1 fully saturated rings. The van der Waals surface area contributed by atoms with E-state index in [1.807, 2.05) is 26.0 Å². The lowest BCUT2D eigenvalue weighted by atomic mass is 10.1. The number of aromatic nitrogens is 1. The molecule has 0 saturated carbocycles. The number of nitrogens with one attached hydrogen (secondary N) is 1. The summed E-state index contributed by atoms with van der Waals surface area (Å²) >= 11 is 0. The summed E-state index contributed by atoms with van der Waals surface area (Å²) in [6, 6.07) is 3.98. The van der Waals surface area contributed by atoms with Crippen molar-refractivity contribution in [1.29, 1.82) is 0 Å². The van der Waals surface area contributed by atoms with Gasteiger partial charge in [-0.15, -0.1) is 24.0 Å². The van der Waals surface area contributed by atoms with Crippen LogP contribution in [-0.4, -0.2) is 54.3 Å². The highest BCUT2D eigenvalue weighted by molar-refractivity contribution is 14.0. The van der Waals surface area contributed by atoms with E-state index in [-0.39, 0.29) is 36.1 Å². The van der Waals surface area contributed by atoms with Gasteiger partial charge < -0.3 is 25.4 Å². The predicted molar refractivity (Wildman–Crippen MR) is 111 cm³/mol. The van der Waals surface area contributed by atoms with E-state index in [2.05, 4.69) is 15.3 Å². The fraction of sp³-hybridized carbons (Fsp3) is 0.588. The number of carbonyl (C=O) groups is 1. The number of halogens is 1. The molecule has 0 aromatic carbocycles. The Hall–Kier alpha value is -1.78. The molecule has 1 saturated heterocycles. The first-order valence-corrected chi connectivity index (χ1v) is 8.68. The van der Waals surface area contributed by atoms with Gasteiger partial charge in [0.25, 0.3) is 0 Å². The van der Waals surface area contributed by atoms with Crippen molar-refractivity contribution >= 4 is 36.0 Å². The normalized spacial score (nSPS) is 15.2. The van der Waals surface area contributed by atoms with Crippen LogP contribution >= 0.6 is 24.0 Å². The third-order valence-electron chi connectivity index (χ3n) is 3.92. The van der Waals surface area contributed by atoms with E-state index in [4.69, 9.17) is 15.2 Å². The van der Waals surface area contributed by atoms with Crippen LogP contribution in [-0.2, 0) is 11.3 Å². The van der Waals surface area contributed by atoms with Gasteiger partial charge in [-0.05, 0) is 32.8 Å². The zero-order valence-electron chi connectivity index (χ0n) is 15.3. The molecular weight excluding hydrogens is 449 g/mol. The molecule has 146 valence electrons. The molecule has 0 atom stereocenters. The average Bonchev–Trinajstić information content (AvgIpc) is 2.62. The Kier molecular flexibility index (Phi) is 10.1. The summed E-state index contributed by atoms with van der Waals surface area (Å²) in [5.74, 6) is 0.977. The van der Waals surface area contributed by atoms with E-state index in [0.29, 0.717) is 44.7 Å². The molecule has 3 N–H and O–H groups in total. The van der Waals surface area contributed by atoms with E-state index >= 15 is 0 Å². The average molecular weight is 477 g/mol. The number of guanidine groups is 1. The van der Waals surface area contributed by atoms with Gasteiger partial charge in [0.15, 0.2) is 5.96 Å². The van der Waals surface area contributed by atoms with Crippen LogP contribution in [0.1, 0.15) is 32.3 Å². The van der Waals surface area contributed by atoms with Gasteiger partial charge in [0.05, 0.1) is 19.8 Å². The molecule has 9 heteroatoms. The molecular formula is C17H28IN5O3. The molecule has 1 aliphatic heterocycles. The van der Waals surface area contributed by atoms with Gasteiger partial charge in [0.1, 0.15) is 0 Å². The van der Waals surface area contributed by atoms with Crippen molar-refractivity contribution in [3.8, 4) is 5.88 Å². The van der Waals surface area contributed by atoms with Crippen LogP contribution in [0, 0.1) is 0 Å². The number of amides is 1. The quantitative estimate of drug-likeness (QED) is 0.370. The van der Waals surface area contributed by atoms with E-state index in [9.17, 15) is 4.79 Å². The number of likely N-dealkylation sites (tertiary alicyclic amines) is 1. The van der Waals surface area contributed by atoms with E-state index in [0.717, 1.165) is 18.4 Å². The number of aliphatic imine (C=N–C) groups is 1. The second-order valence-electron chi connectivity index (χ2n) is 5.71. The SMILES string of the molecule is CCOC(=O)N1CCC(NC(N)=NCc2cccnc2OCC)CC1.I. The van der Waals surface area contributed by atoms with Crippen molar-refractivity contribution in [2.45, 2.75) is 39.3 Å². The van der Waals surface area contributed by atoms with Crippen molar-refractivity contribution in [1.82, 2.24) is 15.2 Å². The first-order valence-electron chi connectivity index (χ1n) is 8.68. The van der Waals surface area contributed by atoms with Crippen LogP contribution in [0.2, 0.25) is 0 Å². The molecule has 8 nitrogen and oxygen atoms in total. The van der Waals surface area contributed by atoms with Gasteiger partial charge in [0.2, 0.25) is 5.88 Å². The van der Waals surface area contributed by atoms with Gasteiger partial charge >= 0.3 is 6.09 Å². The van der Waals surface area contributed by atoms with Gasteiger partial charge in [-0.1, -0.05) is 6.07 Å². The number of nitrogens with two attached hydrogens (primary N) is 1. The molecule has 0 unspecified atom stereocenters. The number of hydrogen-bond donors (Lipinski definition) is 2. The Labute approximate surface area is 171 Å². The third kappa shape index (κ3) is 6.85. The van der Waals surface area contributed by atoms with E-state index in [1.165, 1.54) is 0 Å². The largest absolute Gasteiger partial charge is 0.478 e. The highest BCUT2D eigenvalue weighted by Gasteiger charge is 2.23. The molecule has 2 heterocycles. The number of hydrogen-bond acceptors (Lipinski definition) is 5. The smallest absolute Gasteiger partial charge is 0.409 e. The van der Waals surface area contributed by atoms with Crippen LogP contribution in [0.5, 0.6) is 5.88 Å². The van der Waals surface area contributed by atoms with Crippen LogP contribution in [0.15, 0.2) is 23.3 Å². The highest BCUT2D eigenvalue weighted by Crippen LogP contribution is 2.15. The Morgan fingerprint density at radius 1 is 1.38 bits per heavy atom. The number of carbonyl (C=O) groups excluding carboxylic acids is 1. The lowest BCUT2D eigenvalue weighted by molar-refractivity contribution is 0.0963. The monoisotopic (exact) mass is 477 g/mol. The summed E-state index contributed by atoms with van der Waals surface area (Å²) < 4.78 is 10.5. The van der Waals surface area contributed by atoms with Crippen LogP contribution in [0.25, 0.3) is 0 Å². The molecule has 0 spiro atoms. The number of nitrogens with zero attached hydrogens (tertiary/aromatic N) is 3. The Balaban J connectivity index is 0.00000338. The molecule has 0 bridgehead atoms. The number of ether oxygens (including phenoxy) is 2. The van der Waals surface area contributed by atoms with Crippen molar-refractivity contribution in [2.75, 3.05) is 26.3 Å². The summed E-state index contributed by atoms with van der Waals surface area (Å²) in [6.07, 6.45) is 3.07. The Morgan fingerprint density at radius 3 is 2.77 bits per heavy atom. The number of piperidine rings is 1. The maximum absolute atomic E-state index is 11.7. The van der Waals surface area contributed by atoms with Crippen molar-refractivity contribution in [3.05, 3.63) is 23.9 Å². The third-order valence-corrected chi connectivity index (χ3v) is 3.92. The fourth-order valence-corrected chi connectivity index (χ4v) is 2.66. The minimum absolute atomic E-state index is 0. The molecule has 0 radical (unpaired) electrons. The molecule has 1 aromatic rings. The molecule has 1 amide bonds. The lowest BCUT2D eigenvalue weighted by Crippen LogP contribution is -2.48. The number of rotatable bonds is 6. The summed E-state index contributed by atoms with van der Waals surface area (Å²) in [4.78, 5) is 22.0. The van der Waals surface area contributed by atoms with E-state index < -0.39 is 0 Å². The van der Waals surface area contributed by atoms with Gasteiger partial charge in [-0.3, -0.25) is 0 Å². The molecule has 0 aliphatic carbocycles. The summed E-state index contributed by atoms with van der Waals surface area (Å²) in [7, 11) is 0. The zero-order chi connectivity index (χ0) is 18.1. The second kappa shape index (κ2) is 11.8. The van der Waals surface area contributed by atoms with Gasteiger partial charge in [-0.2, -0.15) is 0 Å². The molecule has 2 rings (SSSR count). The summed E-state index contributed by atoms with van der Waals surface area (Å²) in [5, 5.41) is 3.22. The van der Waals surface area contributed by atoms with Crippen LogP contribution in [0.3, 0.4) is 0 Å². The predicted octanol–water partition coefficient (Wildman–Crippen LogP) is 2.12. The number of pyridine rings is 1. The van der Waals surface area contributed by atoms with Crippen molar-refractivity contribution in [2.24, 2.45) is 10.7 Å². The minimum Gasteiger partial charge on any atom is -0.478 e. The molecule has 1 aromatic heterocycles. The van der Waals surface area contributed by atoms with Crippen molar-refractivity contribution in [3.63, 3.8) is 0 Å². The van der Waals surface area contributed by atoms with Crippen LogP contribution in [0.4, 0.5) is 4.79 Å². The summed E-state index contributed by atoms with van der Waals surface area (Å²) in [6.45, 7) is 6.39. The molecule has 1 aliphatic rings. The van der Waals surface area contributed by atoms with Gasteiger partial charge in [0, 0.05) is 30.9 Å². The first kappa shape index (κ1) is 22.3. The highest BCUT2D eigenvalue weighted by atomic mass is 127. The first-order chi connectivity index (χ1) is 12.1. The zero-order valence-corrected chi connectivity index (χ0v) is 17.6. The van der Waals surface area contributed by atoms with Gasteiger partial charge in [-0.25, -0.2) is 14.8 Å². The van der Waals surface area contributed by atoms with E-state index in [1.54, 1.807) is 11.1 Å². The minimum atomic E-state index is -0.248. The standard InChI is InChI=1S/C17H27N5O3.HI/c1-3-24-15-13(6-5-9-19-15)12-20-16(18)21-14-7-10-22(11-8-14)17(23)25-4-2;/h5-6,9,14H,3-4,7-8,10-12H2,1-2H3,(H3,18,20,21);1H. The second-order valence-corrected chi connectivity index (χ2v) is 5.71. The topological polar surface area (TPSA) is 102 Å². The maximum atomic E-state index is 11.7. The molecule has 26 heavy (non-hydrogen) atoms. The Bertz CT molecular complexity index is 592. The van der Waals surface area contributed by atoms with Crippen molar-refractivity contribution < 1.29 is 14.3 Å². The Morgan fingerprint density at radius 2 is 2.12 bits per heavy atom. The maximum Gasteiger partial charge on any atom is 0.409 e. The van der Waals surface area contributed by atoms with Crippen LogP contribution < -0.4 is 15.8 Å².